The quantitative estimate of drug-likeness (QED) is 0.390. The molecule has 1 amide bonds. The van der Waals surface area contributed by atoms with Crippen molar-refractivity contribution < 1.29 is 9.53 Å². The Kier molecular flexibility index (Phi) is 5.27. The summed E-state index contributed by atoms with van der Waals surface area (Å²) in [7, 11) is 0. The molecule has 0 saturated carbocycles. The number of nitrogens with one attached hydrogen (secondary N) is 2. The Morgan fingerprint density at radius 2 is 1.65 bits per heavy atom. The van der Waals surface area contributed by atoms with E-state index in [1.54, 1.807) is 12.1 Å². The highest BCUT2D eigenvalue weighted by Gasteiger charge is 2.14. The monoisotopic (exact) mass is 413 g/mol. The van der Waals surface area contributed by atoms with Gasteiger partial charge in [0.25, 0.3) is 0 Å². The van der Waals surface area contributed by atoms with Gasteiger partial charge in [0.15, 0.2) is 0 Å². The van der Waals surface area contributed by atoms with Crippen molar-refractivity contribution in [3.8, 4) is 17.1 Å². The third-order valence-corrected chi connectivity index (χ3v) is 5.38. The molecule has 0 aliphatic rings. The minimum Gasteiger partial charge on any atom is -0.410 e. The molecule has 0 atom stereocenters. The van der Waals surface area contributed by atoms with Crippen molar-refractivity contribution in [2.24, 2.45) is 0 Å². The molecular formula is C26H27N3O2. The van der Waals surface area contributed by atoms with Gasteiger partial charge in [-0.15, -0.1) is 0 Å². The van der Waals surface area contributed by atoms with E-state index in [2.05, 4.69) is 57.1 Å². The fraction of sp³-hybridized carbons (Fsp3) is 0.231. The lowest BCUT2D eigenvalue weighted by atomic mass is 9.87. The number of aromatic amines is 1. The summed E-state index contributed by atoms with van der Waals surface area (Å²) >= 11 is 0. The molecule has 0 radical (unpaired) electrons. The van der Waals surface area contributed by atoms with Gasteiger partial charge < -0.3 is 9.72 Å². The van der Waals surface area contributed by atoms with Gasteiger partial charge in [-0.1, -0.05) is 51.1 Å². The normalized spacial score (nSPS) is 11.5. The second-order valence-corrected chi connectivity index (χ2v) is 8.87. The Morgan fingerprint density at radius 1 is 0.968 bits per heavy atom. The maximum atomic E-state index is 12.4. The number of nitrogens with zero attached hydrogens (tertiary/aromatic N) is 1. The molecule has 0 aliphatic heterocycles. The van der Waals surface area contributed by atoms with Crippen LogP contribution >= 0.6 is 0 Å². The van der Waals surface area contributed by atoms with E-state index in [0.717, 1.165) is 33.5 Å². The van der Waals surface area contributed by atoms with Crippen LogP contribution in [-0.4, -0.2) is 16.1 Å². The number of amides is 1. The highest BCUT2D eigenvalue weighted by molar-refractivity contribution is 5.88. The van der Waals surface area contributed by atoms with Crippen LogP contribution in [0.1, 0.15) is 37.5 Å². The molecule has 1 heterocycles. The Bertz CT molecular complexity index is 1230. The molecule has 4 rings (SSSR count). The molecule has 3 aromatic carbocycles. The van der Waals surface area contributed by atoms with Gasteiger partial charge in [-0.2, -0.15) is 0 Å². The van der Waals surface area contributed by atoms with Crippen LogP contribution in [-0.2, 0) is 5.41 Å². The van der Waals surface area contributed by atoms with Crippen LogP contribution in [0.25, 0.3) is 22.4 Å². The van der Waals surface area contributed by atoms with Gasteiger partial charge in [0.05, 0.1) is 11.0 Å². The summed E-state index contributed by atoms with van der Waals surface area (Å²) in [5, 5.41) is 2.78. The SMILES string of the molecule is Cc1cccc(C)c1-c1nc2ccc(OC(=O)Nc3ccc(C(C)(C)C)cc3)cc2[nH]1. The summed E-state index contributed by atoms with van der Waals surface area (Å²) < 4.78 is 5.49. The first-order chi connectivity index (χ1) is 14.7. The predicted molar refractivity (Wildman–Crippen MR) is 126 cm³/mol. The van der Waals surface area contributed by atoms with Crippen molar-refractivity contribution in [3.05, 3.63) is 77.4 Å². The second kappa shape index (κ2) is 7.91. The van der Waals surface area contributed by atoms with E-state index < -0.39 is 6.09 Å². The Labute approximate surface area is 182 Å². The first-order valence-electron chi connectivity index (χ1n) is 10.4. The average molecular weight is 414 g/mol. The third kappa shape index (κ3) is 4.45. The van der Waals surface area contributed by atoms with Crippen LogP contribution in [0.2, 0.25) is 0 Å². The molecule has 0 spiro atoms. The van der Waals surface area contributed by atoms with E-state index >= 15 is 0 Å². The molecule has 158 valence electrons. The largest absolute Gasteiger partial charge is 0.417 e. The minimum absolute atomic E-state index is 0.0637. The number of hydrogen-bond donors (Lipinski definition) is 2. The summed E-state index contributed by atoms with van der Waals surface area (Å²) in [5.41, 5.74) is 7.01. The maximum absolute atomic E-state index is 12.4. The van der Waals surface area contributed by atoms with Crippen LogP contribution in [0.5, 0.6) is 5.75 Å². The number of carbonyl (C=O) groups is 1. The van der Waals surface area contributed by atoms with E-state index in [-0.39, 0.29) is 5.41 Å². The summed E-state index contributed by atoms with van der Waals surface area (Å²) in [6, 6.07) is 19.4. The van der Waals surface area contributed by atoms with E-state index in [9.17, 15) is 4.79 Å². The zero-order valence-electron chi connectivity index (χ0n) is 18.5. The van der Waals surface area contributed by atoms with Gasteiger partial charge in [0.2, 0.25) is 0 Å². The lowest BCUT2D eigenvalue weighted by Gasteiger charge is -2.19. The van der Waals surface area contributed by atoms with E-state index in [1.807, 2.05) is 36.4 Å². The molecule has 0 aliphatic carbocycles. The van der Waals surface area contributed by atoms with E-state index in [1.165, 1.54) is 5.56 Å². The zero-order chi connectivity index (χ0) is 22.2. The van der Waals surface area contributed by atoms with Crippen molar-refractivity contribution in [2.45, 2.75) is 40.0 Å². The summed E-state index contributed by atoms with van der Waals surface area (Å²) in [5.74, 6) is 1.26. The third-order valence-electron chi connectivity index (χ3n) is 5.38. The number of benzene rings is 3. The van der Waals surface area contributed by atoms with Crippen molar-refractivity contribution in [3.63, 3.8) is 0 Å². The van der Waals surface area contributed by atoms with Crippen LogP contribution < -0.4 is 10.1 Å². The van der Waals surface area contributed by atoms with Crippen molar-refractivity contribution in [2.75, 3.05) is 5.32 Å². The highest BCUT2D eigenvalue weighted by atomic mass is 16.6. The topological polar surface area (TPSA) is 67.0 Å². The number of rotatable bonds is 3. The minimum atomic E-state index is -0.530. The van der Waals surface area contributed by atoms with Gasteiger partial charge >= 0.3 is 6.09 Å². The number of fused-ring (bicyclic) bond motifs is 1. The zero-order valence-corrected chi connectivity index (χ0v) is 18.5. The van der Waals surface area contributed by atoms with Gasteiger partial charge in [0.1, 0.15) is 11.6 Å². The Morgan fingerprint density at radius 3 is 2.29 bits per heavy atom. The number of ether oxygens (including phenoxy) is 1. The first kappa shape index (κ1) is 20.7. The van der Waals surface area contributed by atoms with Gasteiger partial charge in [-0.3, -0.25) is 5.32 Å². The lowest BCUT2D eigenvalue weighted by Crippen LogP contribution is -2.17. The summed E-state index contributed by atoms with van der Waals surface area (Å²) in [4.78, 5) is 20.4. The maximum Gasteiger partial charge on any atom is 0.417 e. The first-order valence-corrected chi connectivity index (χ1v) is 10.4. The molecule has 0 unspecified atom stereocenters. The second-order valence-electron chi connectivity index (χ2n) is 8.87. The van der Waals surface area contributed by atoms with Gasteiger partial charge in [0, 0.05) is 17.3 Å². The molecule has 5 heteroatoms. The lowest BCUT2D eigenvalue weighted by molar-refractivity contribution is 0.215. The van der Waals surface area contributed by atoms with Crippen molar-refractivity contribution >= 4 is 22.8 Å². The number of H-pyrrole nitrogens is 1. The smallest absolute Gasteiger partial charge is 0.410 e. The molecule has 1 aromatic heterocycles. The fourth-order valence-corrected chi connectivity index (χ4v) is 3.66. The molecule has 2 N–H and O–H groups in total. The van der Waals surface area contributed by atoms with Crippen molar-refractivity contribution in [1.29, 1.82) is 0 Å². The Hall–Kier alpha value is -3.60. The molecular weight excluding hydrogens is 386 g/mol. The van der Waals surface area contributed by atoms with Crippen molar-refractivity contribution in [1.82, 2.24) is 9.97 Å². The van der Waals surface area contributed by atoms with Gasteiger partial charge in [-0.05, 0) is 60.2 Å². The van der Waals surface area contributed by atoms with Crippen LogP contribution in [0, 0.1) is 13.8 Å². The molecule has 4 aromatic rings. The number of aryl methyl sites for hydroxylation is 2. The van der Waals surface area contributed by atoms with Crippen LogP contribution in [0.4, 0.5) is 10.5 Å². The molecule has 0 fully saturated rings. The number of aromatic nitrogens is 2. The molecule has 31 heavy (non-hydrogen) atoms. The highest BCUT2D eigenvalue weighted by Crippen LogP contribution is 2.28. The number of carbonyl (C=O) groups excluding carboxylic acids is 1. The van der Waals surface area contributed by atoms with Crippen LogP contribution in [0.15, 0.2) is 60.7 Å². The van der Waals surface area contributed by atoms with E-state index in [0.29, 0.717) is 11.4 Å². The Balaban J connectivity index is 1.50. The predicted octanol–water partition coefficient (Wildman–Crippen LogP) is 6.76. The molecule has 0 bridgehead atoms. The molecule has 0 saturated heterocycles. The van der Waals surface area contributed by atoms with E-state index in [4.69, 9.17) is 9.72 Å². The summed E-state index contributed by atoms with van der Waals surface area (Å²) in [6.07, 6.45) is -0.530. The van der Waals surface area contributed by atoms with Crippen LogP contribution in [0.3, 0.4) is 0 Å². The number of anilines is 1. The number of hydrogen-bond acceptors (Lipinski definition) is 3. The fourth-order valence-electron chi connectivity index (χ4n) is 3.66. The number of imidazole rings is 1. The summed E-state index contributed by atoms with van der Waals surface area (Å²) in [6.45, 7) is 10.6. The molecule has 5 nitrogen and oxygen atoms in total. The van der Waals surface area contributed by atoms with Gasteiger partial charge in [-0.25, -0.2) is 9.78 Å². The standard InChI is InChI=1S/C26H27N3O2/c1-16-7-6-8-17(2)23(16)24-28-21-14-13-20(15-22(21)29-24)31-25(30)27-19-11-9-18(10-12-19)26(3,4)5/h6-15H,1-5H3,(H,27,30)(H,28,29). The average Bonchev–Trinajstić information content (AvgIpc) is 3.10.